The molecule has 0 atom stereocenters. The van der Waals surface area contributed by atoms with Crippen molar-refractivity contribution in [2.45, 2.75) is 45.1 Å². The van der Waals surface area contributed by atoms with Crippen molar-refractivity contribution in [2.75, 3.05) is 6.54 Å². The summed E-state index contributed by atoms with van der Waals surface area (Å²) in [7, 11) is 0. The van der Waals surface area contributed by atoms with Crippen molar-refractivity contribution in [1.29, 1.82) is 0 Å². The van der Waals surface area contributed by atoms with Crippen LogP contribution in [0.3, 0.4) is 0 Å². The van der Waals surface area contributed by atoms with Crippen LogP contribution in [0.25, 0.3) is 0 Å². The number of carbonyl (C=O) groups is 1. The molecule has 0 radical (unpaired) electrons. The molecular formula is C16H23NO2. The van der Waals surface area contributed by atoms with E-state index in [-0.39, 0.29) is 5.92 Å². The van der Waals surface area contributed by atoms with Gasteiger partial charge in [0.05, 0.1) is 5.92 Å². The van der Waals surface area contributed by atoms with E-state index in [2.05, 4.69) is 36.5 Å². The lowest BCUT2D eigenvalue weighted by molar-refractivity contribution is -0.142. The van der Waals surface area contributed by atoms with Gasteiger partial charge >= 0.3 is 5.97 Å². The van der Waals surface area contributed by atoms with Gasteiger partial charge in [0.1, 0.15) is 0 Å². The first-order chi connectivity index (χ1) is 9.15. The normalized spacial score (nSPS) is 23.2. The molecule has 1 saturated carbocycles. The van der Waals surface area contributed by atoms with Crippen LogP contribution in [0.1, 0.15) is 36.8 Å². The topological polar surface area (TPSA) is 49.3 Å². The number of nitrogens with one attached hydrogen (secondary N) is 1. The van der Waals surface area contributed by atoms with Gasteiger partial charge in [-0.15, -0.1) is 0 Å². The summed E-state index contributed by atoms with van der Waals surface area (Å²) in [4.78, 5) is 10.9. The molecule has 3 heteroatoms. The summed E-state index contributed by atoms with van der Waals surface area (Å²) in [6.07, 6.45) is 4.66. The van der Waals surface area contributed by atoms with Crippen molar-refractivity contribution in [3.05, 3.63) is 35.4 Å². The molecule has 0 aliphatic heterocycles. The highest BCUT2D eigenvalue weighted by Crippen LogP contribution is 2.24. The van der Waals surface area contributed by atoms with E-state index >= 15 is 0 Å². The first-order valence-corrected chi connectivity index (χ1v) is 7.17. The van der Waals surface area contributed by atoms with Crippen molar-refractivity contribution < 1.29 is 9.90 Å². The van der Waals surface area contributed by atoms with E-state index < -0.39 is 5.97 Å². The summed E-state index contributed by atoms with van der Waals surface area (Å²) < 4.78 is 0. The minimum Gasteiger partial charge on any atom is -0.481 e. The van der Waals surface area contributed by atoms with Gasteiger partial charge in [-0.3, -0.25) is 4.79 Å². The quantitative estimate of drug-likeness (QED) is 0.857. The number of aliphatic carboxylic acids is 1. The molecule has 0 unspecified atom stereocenters. The lowest BCUT2D eigenvalue weighted by atomic mass is 9.86. The van der Waals surface area contributed by atoms with Gasteiger partial charge in [0, 0.05) is 6.04 Å². The van der Waals surface area contributed by atoms with Crippen molar-refractivity contribution >= 4 is 5.97 Å². The van der Waals surface area contributed by atoms with Gasteiger partial charge in [-0.2, -0.15) is 0 Å². The summed E-state index contributed by atoms with van der Waals surface area (Å²) in [6, 6.07) is 9.15. The van der Waals surface area contributed by atoms with Gasteiger partial charge in [-0.05, 0) is 51.1 Å². The van der Waals surface area contributed by atoms with Crippen LogP contribution >= 0.6 is 0 Å². The second-order valence-electron chi connectivity index (χ2n) is 5.58. The summed E-state index contributed by atoms with van der Waals surface area (Å²) in [5.41, 5.74) is 2.65. The number of aryl methyl sites for hydroxylation is 1. The third-order valence-corrected chi connectivity index (χ3v) is 4.04. The molecule has 2 rings (SSSR count). The van der Waals surface area contributed by atoms with Crippen molar-refractivity contribution in [2.24, 2.45) is 5.92 Å². The van der Waals surface area contributed by atoms with Crippen molar-refractivity contribution in [3.8, 4) is 0 Å². The van der Waals surface area contributed by atoms with Crippen LogP contribution in [-0.2, 0) is 11.2 Å². The Morgan fingerprint density at radius 2 is 1.84 bits per heavy atom. The molecule has 0 saturated heterocycles. The molecular weight excluding hydrogens is 238 g/mol. The Morgan fingerprint density at radius 3 is 2.42 bits per heavy atom. The predicted octanol–water partition coefficient (Wildman–Crippen LogP) is 2.77. The number of carboxylic acid groups (broad SMARTS) is 1. The summed E-state index contributed by atoms with van der Waals surface area (Å²) in [5, 5.41) is 12.5. The molecule has 1 aromatic rings. The summed E-state index contributed by atoms with van der Waals surface area (Å²) >= 11 is 0. The summed E-state index contributed by atoms with van der Waals surface area (Å²) in [6.45, 7) is 3.08. The number of benzene rings is 1. The maximum absolute atomic E-state index is 10.9. The third-order valence-electron chi connectivity index (χ3n) is 4.04. The van der Waals surface area contributed by atoms with E-state index in [0.717, 1.165) is 38.6 Å². The lowest BCUT2D eigenvalue weighted by Gasteiger charge is -2.26. The molecule has 19 heavy (non-hydrogen) atoms. The maximum atomic E-state index is 10.9. The molecule has 1 aromatic carbocycles. The van der Waals surface area contributed by atoms with E-state index in [1.54, 1.807) is 0 Å². The lowest BCUT2D eigenvalue weighted by Crippen LogP contribution is -2.36. The highest BCUT2D eigenvalue weighted by Gasteiger charge is 2.25. The fourth-order valence-electron chi connectivity index (χ4n) is 2.72. The summed E-state index contributed by atoms with van der Waals surface area (Å²) in [5.74, 6) is -0.742. The average molecular weight is 261 g/mol. The van der Waals surface area contributed by atoms with Gasteiger partial charge in [-0.25, -0.2) is 0 Å². The Morgan fingerprint density at radius 1 is 1.21 bits per heavy atom. The molecule has 2 N–H and O–H groups in total. The van der Waals surface area contributed by atoms with Gasteiger partial charge in [0.25, 0.3) is 0 Å². The van der Waals surface area contributed by atoms with E-state index in [4.69, 9.17) is 5.11 Å². The van der Waals surface area contributed by atoms with Gasteiger partial charge in [-0.1, -0.05) is 29.8 Å². The highest BCUT2D eigenvalue weighted by molar-refractivity contribution is 5.70. The van der Waals surface area contributed by atoms with E-state index in [1.807, 2.05) is 0 Å². The van der Waals surface area contributed by atoms with Crippen molar-refractivity contribution in [1.82, 2.24) is 5.32 Å². The van der Waals surface area contributed by atoms with E-state index in [9.17, 15) is 4.79 Å². The standard InChI is InChI=1S/C16H23NO2/c1-12-2-4-13(5-3-12)10-11-17-15-8-6-14(7-9-15)16(18)19/h2-5,14-15,17H,6-11H2,1H3,(H,18,19). The molecule has 1 aliphatic rings. The third kappa shape index (κ3) is 4.35. The van der Waals surface area contributed by atoms with Crippen LogP contribution in [0.2, 0.25) is 0 Å². The van der Waals surface area contributed by atoms with Gasteiger partial charge < -0.3 is 10.4 Å². The van der Waals surface area contributed by atoms with Crippen LogP contribution in [0.4, 0.5) is 0 Å². The van der Waals surface area contributed by atoms with Crippen LogP contribution in [0.15, 0.2) is 24.3 Å². The van der Waals surface area contributed by atoms with Gasteiger partial charge in [0.2, 0.25) is 0 Å². The smallest absolute Gasteiger partial charge is 0.306 e. The van der Waals surface area contributed by atoms with Crippen LogP contribution in [-0.4, -0.2) is 23.7 Å². The Balaban J connectivity index is 1.67. The fourth-order valence-corrected chi connectivity index (χ4v) is 2.72. The van der Waals surface area contributed by atoms with Crippen LogP contribution < -0.4 is 5.32 Å². The second-order valence-corrected chi connectivity index (χ2v) is 5.58. The number of hydrogen-bond donors (Lipinski definition) is 2. The number of hydrogen-bond acceptors (Lipinski definition) is 2. The Labute approximate surface area is 115 Å². The fraction of sp³-hybridized carbons (Fsp3) is 0.562. The number of carboxylic acids is 1. The molecule has 0 aromatic heterocycles. The number of rotatable bonds is 5. The minimum atomic E-state index is -0.627. The molecule has 0 spiro atoms. The molecule has 104 valence electrons. The highest BCUT2D eigenvalue weighted by atomic mass is 16.4. The molecule has 1 aliphatic carbocycles. The van der Waals surface area contributed by atoms with E-state index in [1.165, 1.54) is 11.1 Å². The zero-order valence-corrected chi connectivity index (χ0v) is 11.6. The largest absolute Gasteiger partial charge is 0.481 e. The monoisotopic (exact) mass is 261 g/mol. The Bertz CT molecular complexity index is 405. The second kappa shape index (κ2) is 6.71. The van der Waals surface area contributed by atoms with Crippen molar-refractivity contribution in [3.63, 3.8) is 0 Å². The zero-order valence-electron chi connectivity index (χ0n) is 11.6. The molecule has 0 bridgehead atoms. The average Bonchev–Trinajstić information content (AvgIpc) is 2.41. The Hall–Kier alpha value is -1.35. The molecule has 3 nitrogen and oxygen atoms in total. The van der Waals surface area contributed by atoms with Crippen LogP contribution in [0, 0.1) is 12.8 Å². The van der Waals surface area contributed by atoms with Crippen LogP contribution in [0.5, 0.6) is 0 Å². The van der Waals surface area contributed by atoms with E-state index in [0.29, 0.717) is 6.04 Å². The SMILES string of the molecule is Cc1ccc(CCNC2CCC(C(=O)O)CC2)cc1. The first-order valence-electron chi connectivity index (χ1n) is 7.17. The zero-order chi connectivity index (χ0) is 13.7. The minimum absolute atomic E-state index is 0.116. The molecule has 0 heterocycles. The maximum Gasteiger partial charge on any atom is 0.306 e. The Kier molecular flexibility index (Phi) is 4.97. The first kappa shape index (κ1) is 14.1. The molecule has 0 amide bonds. The molecule has 1 fully saturated rings. The van der Waals surface area contributed by atoms with Gasteiger partial charge in [0.15, 0.2) is 0 Å². The predicted molar refractivity (Wildman–Crippen MR) is 76.3 cm³/mol.